The molecule has 3 atom stereocenters. The second-order valence-electron chi connectivity index (χ2n) is 18.4. The molecule has 0 aromatic heterocycles. The number of phosphoric ester groups is 1. The standard InChI is InChI=1S/C58H101O11P/c1-4-7-10-13-16-19-22-24-26-27-29-30-33-35-38-41-44-47-56(60)65-51-55(69-58(62)49-46-43-40-37-34-31-28-25-23-20-17-14-11-8-5-2)53-67-70(63,64)66-52-54(50-59)68-57(61)48-45-42-39-36-32-21-18-15-12-9-6-3/h7,10,16,19,24-26,28-30,35,38,54-55,59H,4-6,8-9,11-15,17-18,20-23,27,31-34,36-37,39-53H2,1-3H3,(H,63,64)/b10-7-,19-16-,26-24-,28-25-,30-29-,38-35-. The fourth-order valence-corrected chi connectivity index (χ4v) is 8.17. The van der Waals surface area contributed by atoms with Gasteiger partial charge in [-0.2, -0.15) is 0 Å². The van der Waals surface area contributed by atoms with Crippen molar-refractivity contribution in [1.82, 2.24) is 0 Å². The van der Waals surface area contributed by atoms with E-state index >= 15 is 0 Å². The fraction of sp³-hybridized carbons (Fsp3) is 0.741. The van der Waals surface area contributed by atoms with Crippen LogP contribution in [0.25, 0.3) is 0 Å². The van der Waals surface area contributed by atoms with Crippen LogP contribution < -0.4 is 0 Å². The first-order valence-corrected chi connectivity index (χ1v) is 29.3. The summed E-state index contributed by atoms with van der Waals surface area (Å²) in [5, 5.41) is 9.78. The van der Waals surface area contributed by atoms with Crippen LogP contribution in [0.15, 0.2) is 72.9 Å². The normalized spacial score (nSPS) is 14.0. The minimum Gasteiger partial charge on any atom is -0.462 e. The third kappa shape index (κ3) is 49.9. The SMILES string of the molecule is CC/C=C\C/C=C\C/C=C\C/C=C\C/C=C\CCCC(=O)OCC(COP(=O)(O)OCC(CO)OC(=O)CCCCCCCCCCCCC)OC(=O)CCCCCCC/C=C\CCCCCCCC. The van der Waals surface area contributed by atoms with E-state index in [0.717, 1.165) is 89.9 Å². The van der Waals surface area contributed by atoms with Crippen molar-refractivity contribution < 1.29 is 52.2 Å². The Morgan fingerprint density at radius 3 is 1.20 bits per heavy atom. The lowest BCUT2D eigenvalue weighted by Crippen LogP contribution is -2.30. The topological polar surface area (TPSA) is 155 Å². The number of carbonyl (C=O) groups is 3. The number of hydrogen-bond acceptors (Lipinski definition) is 10. The highest BCUT2D eigenvalue weighted by Crippen LogP contribution is 2.43. The second-order valence-corrected chi connectivity index (χ2v) is 19.8. The largest absolute Gasteiger partial charge is 0.472 e. The molecule has 0 amide bonds. The van der Waals surface area contributed by atoms with Gasteiger partial charge in [-0.15, -0.1) is 0 Å². The Labute approximate surface area is 427 Å². The average molecular weight is 1010 g/mol. The Morgan fingerprint density at radius 2 is 0.757 bits per heavy atom. The van der Waals surface area contributed by atoms with Crippen LogP contribution in [0.2, 0.25) is 0 Å². The van der Waals surface area contributed by atoms with Crippen LogP contribution in [0.5, 0.6) is 0 Å². The highest BCUT2D eigenvalue weighted by Gasteiger charge is 2.28. The number of hydrogen-bond donors (Lipinski definition) is 2. The lowest BCUT2D eigenvalue weighted by Gasteiger charge is -2.21. The van der Waals surface area contributed by atoms with Crippen LogP contribution in [0.1, 0.15) is 239 Å². The first-order chi connectivity index (χ1) is 34.2. The molecular weight excluding hydrogens is 904 g/mol. The van der Waals surface area contributed by atoms with Gasteiger partial charge in [-0.3, -0.25) is 23.4 Å². The maximum Gasteiger partial charge on any atom is 0.472 e. The van der Waals surface area contributed by atoms with Gasteiger partial charge in [0.2, 0.25) is 0 Å². The van der Waals surface area contributed by atoms with E-state index in [1.54, 1.807) is 0 Å². The molecule has 70 heavy (non-hydrogen) atoms. The van der Waals surface area contributed by atoms with Gasteiger partial charge in [-0.05, 0) is 83.5 Å². The summed E-state index contributed by atoms with van der Waals surface area (Å²) in [7, 11) is -4.76. The summed E-state index contributed by atoms with van der Waals surface area (Å²) in [4.78, 5) is 48.4. The molecule has 0 rings (SSSR count). The van der Waals surface area contributed by atoms with E-state index in [1.165, 1.54) is 83.5 Å². The van der Waals surface area contributed by atoms with Crippen LogP contribution >= 0.6 is 7.82 Å². The number of rotatable bonds is 51. The van der Waals surface area contributed by atoms with Crippen molar-refractivity contribution in [2.24, 2.45) is 0 Å². The van der Waals surface area contributed by atoms with Crippen LogP contribution in [-0.2, 0) is 42.2 Å². The van der Waals surface area contributed by atoms with E-state index in [1.807, 2.05) is 6.08 Å². The van der Waals surface area contributed by atoms with Crippen molar-refractivity contribution in [3.8, 4) is 0 Å². The summed E-state index contributed by atoms with van der Waals surface area (Å²) < 4.78 is 39.4. The van der Waals surface area contributed by atoms with E-state index in [9.17, 15) is 28.9 Å². The molecule has 0 spiro atoms. The van der Waals surface area contributed by atoms with Gasteiger partial charge in [-0.25, -0.2) is 4.57 Å². The molecule has 2 N–H and O–H groups in total. The minimum absolute atomic E-state index is 0.145. The van der Waals surface area contributed by atoms with E-state index in [2.05, 4.69) is 87.6 Å². The Hall–Kier alpha value is -3.08. The summed E-state index contributed by atoms with van der Waals surface area (Å²) >= 11 is 0. The molecule has 3 unspecified atom stereocenters. The smallest absolute Gasteiger partial charge is 0.462 e. The summed E-state index contributed by atoms with van der Waals surface area (Å²) in [5.41, 5.74) is 0. The Kier molecular flexibility index (Phi) is 50.0. The summed E-state index contributed by atoms with van der Waals surface area (Å²) in [6, 6.07) is 0. The molecule has 0 aromatic rings. The van der Waals surface area contributed by atoms with Crippen molar-refractivity contribution in [2.45, 2.75) is 251 Å². The predicted octanol–water partition coefficient (Wildman–Crippen LogP) is 16.1. The number of esters is 3. The van der Waals surface area contributed by atoms with Crippen molar-refractivity contribution in [3.63, 3.8) is 0 Å². The Morgan fingerprint density at radius 1 is 0.414 bits per heavy atom. The molecule has 0 aliphatic rings. The number of carbonyl (C=O) groups excluding carboxylic acids is 3. The molecule has 0 aromatic carbocycles. The average Bonchev–Trinajstić information content (AvgIpc) is 3.35. The summed E-state index contributed by atoms with van der Waals surface area (Å²) in [6.07, 6.45) is 57.3. The molecule has 0 saturated heterocycles. The third-order valence-electron chi connectivity index (χ3n) is 11.6. The highest BCUT2D eigenvalue weighted by atomic mass is 31.2. The molecule has 0 saturated carbocycles. The molecule has 0 heterocycles. The Balaban J connectivity index is 4.83. The van der Waals surface area contributed by atoms with Crippen LogP contribution in [0, 0.1) is 0 Å². The van der Waals surface area contributed by atoms with Crippen molar-refractivity contribution in [1.29, 1.82) is 0 Å². The zero-order valence-electron chi connectivity index (χ0n) is 44.5. The number of allylic oxidation sites excluding steroid dienone is 12. The van der Waals surface area contributed by atoms with Gasteiger partial charge in [-0.1, -0.05) is 209 Å². The summed E-state index contributed by atoms with van der Waals surface area (Å²) in [5.74, 6) is -1.54. The van der Waals surface area contributed by atoms with Crippen molar-refractivity contribution in [3.05, 3.63) is 72.9 Å². The number of phosphoric acid groups is 1. The van der Waals surface area contributed by atoms with Crippen molar-refractivity contribution in [2.75, 3.05) is 26.4 Å². The van der Waals surface area contributed by atoms with Crippen molar-refractivity contribution >= 4 is 25.7 Å². The molecule has 0 bridgehead atoms. The molecule has 0 fully saturated rings. The van der Waals surface area contributed by atoms with E-state index < -0.39 is 57.8 Å². The van der Waals surface area contributed by atoms with Crippen LogP contribution in [-0.4, -0.2) is 66.5 Å². The fourth-order valence-electron chi connectivity index (χ4n) is 7.39. The zero-order valence-corrected chi connectivity index (χ0v) is 45.4. The van der Waals surface area contributed by atoms with E-state index in [4.69, 9.17) is 23.3 Å². The van der Waals surface area contributed by atoms with Crippen LogP contribution in [0.4, 0.5) is 0 Å². The highest BCUT2D eigenvalue weighted by molar-refractivity contribution is 7.47. The number of aliphatic hydroxyl groups excluding tert-OH is 1. The van der Waals surface area contributed by atoms with Gasteiger partial charge in [0.05, 0.1) is 19.8 Å². The van der Waals surface area contributed by atoms with E-state index in [0.29, 0.717) is 25.7 Å². The molecule has 12 heteroatoms. The second kappa shape index (κ2) is 52.2. The monoisotopic (exact) mass is 1000 g/mol. The van der Waals surface area contributed by atoms with Gasteiger partial charge in [0.1, 0.15) is 12.7 Å². The van der Waals surface area contributed by atoms with Gasteiger partial charge in [0.25, 0.3) is 0 Å². The van der Waals surface area contributed by atoms with Gasteiger partial charge in [0, 0.05) is 19.3 Å². The Bertz CT molecular complexity index is 1450. The van der Waals surface area contributed by atoms with Gasteiger partial charge >= 0.3 is 25.7 Å². The van der Waals surface area contributed by atoms with Crippen LogP contribution in [0.3, 0.4) is 0 Å². The molecule has 0 aliphatic heterocycles. The molecular formula is C58H101O11P. The lowest BCUT2D eigenvalue weighted by atomic mass is 10.1. The third-order valence-corrected chi connectivity index (χ3v) is 12.6. The lowest BCUT2D eigenvalue weighted by molar-refractivity contribution is -0.161. The quantitative estimate of drug-likeness (QED) is 0.0197. The van der Waals surface area contributed by atoms with Gasteiger partial charge < -0.3 is 24.2 Å². The number of ether oxygens (including phenoxy) is 3. The maximum atomic E-state index is 12.9. The molecule has 11 nitrogen and oxygen atoms in total. The first kappa shape index (κ1) is 66.9. The summed E-state index contributed by atoms with van der Waals surface area (Å²) in [6.45, 7) is 4.45. The van der Waals surface area contributed by atoms with E-state index in [-0.39, 0.29) is 25.9 Å². The molecule has 0 aliphatic carbocycles. The predicted molar refractivity (Wildman–Crippen MR) is 288 cm³/mol. The maximum absolute atomic E-state index is 12.9. The minimum atomic E-state index is -4.76. The number of unbranched alkanes of at least 4 members (excludes halogenated alkanes) is 22. The van der Waals surface area contributed by atoms with Gasteiger partial charge in [0.15, 0.2) is 6.10 Å². The molecule has 0 radical (unpaired) electrons. The molecule has 404 valence electrons. The first-order valence-electron chi connectivity index (χ1n) is 27.8. The number of aliphatic hydroxyl groups is 1. The zero-order chi connectivity index (χ0) is 51.3.